The molecule has 2 atom stereocenters. The number of rotatable bonds is 8. The van der Waals surface area contributed by atoms with Gasteiger partial charge in [0.2, 0.25) is 0 Å². The Balaban J connectivity index is 2.96. The van der Waals surface area contributed by atoms with Crippen molar-refractivity contribution in [2.24, 2.45) is 0 Å². The minimum atomic E-state index is -1.32. The standard InChI is InChI=1S/C15H24BrN3O5S/c1-15(2,3)24-14(22)18-10(13(20)21)11(23-7-6-19(4)5)12-17-9(16)8-25-12/h8,10-11H,6-7H2,1-5H3,(H,18,22)(H,20,21). The Morgan fingerprint density at radius 1 is 1.44 bits per heavy atom. The molecule has 1 amide bonds. The van der Waals surface area contributed by atoms with E-state index in [9.17, 15) is 14.7 Å². The molecule has 2 unspecified atom stereocenters. The summed E-state index contributed by atoms with van der Waals surface area (Å²) in [5, 5.41) is 14.1. The minimum absolute atomic E-state index is 0.286. The van der Waals surface area contributed by atoms with Gasteiger partial charge >= 0.3 is 12.1 Å². The SMILES string of the molecule is CN(C)CCOC(c1nc(Br)cs1)C(NC(=O)OC(C)(C)C)C(=O)O. The van der Waals surface area contributed by atoms with Gasteiger partial charge in [-0.15, -0.1) is 11.3 Å². The molecule has 1 rings (SSSR count). The van der Waals surface area contributed by atoms with Crippen LogP contribution in [0.2, 0.25) is 0 Å². The van der Waals surface area contributed by atoms with E-state index in [1.165, 1.54) is 11.3 Å². The van der Waals surface area contributed by atoms with Crippen molar-refractivity contribution in [3.8, 4) is 0 Å². The van der Waals surface area contributed by atoms with Crippen LogP contribution < -0.4 is 5.32 Å². The van der Waals surface area contributed by atoms with Gasteiger partial charge in [-0.05, 0) is 50.8 Å². The number of carbonyl (C=O) groups excluding carboxylic acids is 1. The van der Waals surface area contributed by atoms with Crippen LogP contribution in [0.4, 0.5) is 4.79 Å². The lowest BCUT2D eigenvalue weighted by Gasteiger charge is -2.26. The first-order valence-electron chi connectivity index (χ1n) is 7.59. The fourth-order valence-electron chi connectivity index (χ4n) is 1.77. The van der Waals surface area contributed by atoms with E-state index in [4.69, 9.17) is 9.47 Å². The third-order valence-corrected chi connectivity index (χ3v) is 4.43. The van der Waals surface area contributed by atoms with Crippen LogP contribution in [0.25, 0.3) is 0 Å². The lowest BCUT2D eigenvalue weighted by molar-refractivity contribution is -0.144. The number of alkyl carbamates (subject to hydrolysis) is 1. The third-order valence-electron chi connectivity index (χ3n) is 2.81. The average Bonchev–Trinajstić information content (AvgIpc) is 2.85. The van der Waals surface area contributed by atoms with Crippen LogP contribution in [0.5, 0.6) is 0 Å². The molecular formula is C15H24BrN3O5S. The van der Waals surface area contributed by atoms with Gasteiger partial charge in [0.1, 0.15) is 21.3 Å². The molecule has 2 N–H and O–H groups in total. The van der Waals surface area contributed by atoms with E-state index in [1.807, 2.05) is 19.0 Å². The maximum atomic E-state index is 12.0. The molecule has 0 aliphatic heterocycles. The summed E-state index contributed by atoms with van der Waals surface area (Å²) in [5.74, 6) is -1.23. The van der Waals surface area contributed by atoms with E-state index in [0.717, 1.165) is 0 Å². The molecule has 0 saturated carbocycles. The summed E-state index contributed by atoms with van der Waals surface area (Å²) >= 11 is 4.50. The zero-order valence-electron chi connectivity index (χ0n) is 14.9. The predicted octanol–water partition coefficient (Wildman–Crippen LogP) is 2.50. The lowest BCUT2D eigenvalue weighted by Crippen LogP contribution is -2.47. The second kappa shape index (κ2) is 9.46. The molecule has 0 saturated heterocycles. The summed E-state index contributed by atoms with van der Waals surface area (Å²) in [6.45, 7) is 5.98. The number of carboxylic acids is 1. The second-order valence-electron chi connectivity index (χ2n) is 6.57. The van der Waals surface area contributed by atoms with Crippen LogP contribution in [0.15, 0.2) is 9.98 Å². The number of aromatic nitrogens is 1. The Labute approximate surface area is 159 Å². The summed E-state index contributed by atoms with van der Waals surface area (Å²) in [6.07, 6.45) is -1.75. The first kappa shape index (κ1) is 21.8. The van der Waals surface area contributed by atoms with Crippen LogP contribution in [0.1, 0.15) is 31.9 Å². The monoisotopic (exact) mass is 437 g/mol. The summed E-state index contributed by atoms with van der Waals surface area (Å²) < 4.78 is 11.5. The van der Waals surface area contributed by atoms with E-state index >= 15 is 0 Å². The number of hydrogen-bond acceptors (Lipinski definition) is 7. The molecule has 0 aliphatic rings. The van der Waals surface area contributed by atoms with Gasteiger partial charge in [-0.1, -0.05) is 0 Å². The molecule has 0 fully saturated rings. The van der Waals surface area contributed by atoms with E-state index < -0.39 is 29.8 Å². The molecule has 1 aromatic rings. The molecule has 0 radical (unpaired) electrons. The zero-order chi connectivity index (χ0) is 19.2. The van der Waals surface area contributed by atoms with E-state index in [1.54, 1.807) is 26.2 Å². The number of halogens is 1. The molecule has 0 aromatic carbocycles. The molecule has 1 heterocycles. The van der Waals surface area contributed by atoms with Gasteiger partial charge in [0.25, 0.3) is 0 Å². The number of ether oxygens (including phenoxy) is 2. The van der Waals surface area contributed by atoms with Crippen molar-refractivity contribution < 1.29 is 24.2 Å². The molecule has 0 bridgehead atoms. The van der Waals surface area contributed by atoms with Crippen LogP contribution in [0.3, 0.4) is 0 Å². The molecule has 8 nitrogen and oxygen atoms in total. The maximum absolute atomic E-state index is 12.0. The van der Waals surface area contributed by atoms with Gasteiger partial charge < -0.3 is 24.8 Å². The fraction of sp³-hybridized carbons (Fsp3) is 0.667. The Hall–Kier alpha value is -1.23. The largest absolute Gasteiger partial charge is 0.480 e. The number of nitrogens with zero attached hydrogens (tertiary/aromatic N) is 2. The first-order chi connectivity index (χ1) is 11.5. The van der Waals surface area contributed by atoms with Gasteiger partial charge in [0.05, 0.1) is 6.61 Å². The van der Waals surface area contributed by atoms with Crippen molar-refractivity contribution in [3.63, 3.8) is 0 Å². The Morgan fingerprint density at radius 3 is 2.52 bits per heavy atom. The van der Waals surface area contributed by atoms with Crippen LogP contribution in [-0.2, 0) is 14.3 Å². The van der Waals surface area contributed by atoms with Gasteiger partial charge in [0, 0.05) is 11.9 Å². The highest BCUT2D eigenvalue weighted by atomic mass is 79.9. The molecule has 1 aromatic heterocycles. The number of thiazole rings is 1. The lowest BCUT2D eigenvalue weighted by atomic mass is 10.1. The highest BCUT2D eigenvalue weighted by molar-refractivity contribution is 9.10. The van der Waals surface area contributed by atoms with E-state index in [-0.39, 0.29) is 6.61 Å². The van der Waals surface area contributed by atoms with E-state index in [0.29, 0.717) is 16.2 Å². The molecule has 0 aliphatic carbocycles. The molecule has 142 valence electrons. The smallest absolute Gasteiger partial charge is 0.408 e. The molecule has 25 heavy (non-hydrogen) atoms. The summed E-state index contributed by atoms with van der Waals surface area (Å²) in [6, 6.07) is -1.32. The molecular weight excluding hydrogens is 414 g/mol. The van der Waals surface area contributed by atoms with Gasteiger partial charge in [-0.25, -0.2) is 14.6 Å². The van der Waals surface area contributed by atoms with Crippen molar-refractivity contribution >= 4 is 39.3 Å². The number of aliphatic carboxylic acids is 1. The van der Waals surface area contributed by atoms with Gasteiger partial charge in [-0.2, -0.15) is 0 Å². The zero-order valence-corrected chi connectivity index (χ0v) is 17.3. The third kappa shape index (κ3) is 8.13. The van der Waals surface area contributed by atoms with Crippen molar-refractivity contribution in [2.45, 2.75) is 38.5 Å². The topological polar surface area (TPSA) is 101 Å². The molecule has 10 heteroatoms. The number of hydrogen-bond donors (Lipinski definition) is 2. The highest BCUT2D eigenvalue weighted by Crippen LogP contribution is 2.27. The van der Waals surface area contributed by atoms with Crippen LogP contribution >= 0.6 is 27.3 Å². The summed E-state index contributed by atoms with van der Waals surface area (Å²) in [7, 11) is 3.76. The number of carbonyl (C=O) groups is 2. The predicted molar refractivity (Wildman–Crippen MR) is 97.9 cm³/mol. The minimum Gasteiger partial charge on any atom is -0.480 e. The number of nitrogens with one attached hydrogen (secondary N) is 1. The Kier molecular flexibility index (Phi) is 8.26. The molecule has 0 spiro atoms. The Morgan fingerprint density at radius 2 is 2.08 bits per heavy atom. The summed E-state index contributed by atoms with van der Waals surface area (Å²) in [5.41, 5.74) is -0.737. The second-order valence-corrected chi connectivity index (χ2v) is 8.27. The van der Waals surface area contributed by atoms with E-state index in [2.05, 4.69) is 26.2 Å². The van der Waals surface area contributed by atoms with Gasteiger partial charge in [0.15, 0.2) is 6.04 Å². The van der Waals surface area contributed by atoms with Crippen molar-refractivity contribution in [1.82, 2.24) is 15.2 Å². The van der Waals surface area contributed by atoms with Gasteiger partial charge in [-0.3, -0.25) is 0 Å². The Bertz CT molecular complexity index is 588. The normalized spacial score (nSPS) is 14.2. The summed E-state index contributed by atoms with van der Waals surface area (Å²) in [4.78, 5) is 29.9. The first-order valence-corrected chi connectivity index (χ1v) is 9.26. The maximum Gasteiger partial charge on any atom is 0.408 e. The van der Waals surface area contributed by atoms with Crippen LogP contribution in [0, 0.1) is 0 Å². The highest BCUT2D eigenvalue weighted by Gasteiger charge is 2.35. The fourth-order valence-corrected chi connectivity index (χ4v) is 3.12. The number of likely N-dealkylation sites (N-methyl/N-ethyl adjacent to an activating group) is 1. The van der Waals surface area contributed by atoms with Crippen LogP contribution in [-0.4, -0.2) is 65.9 Å². The average molecular weight is 438 g/mol. The van der Waals surface area contributed by atoms with Crippen molar-refractivity contribution in [3.05, 3.63) is 15.0 Å². The van der Waals surface area contributed by atoms with Crippen molar-refractivity contribution in [1.29, 1.82) is 0 Å². The number of amides is 1. The quantitative estimate of drug-likeness (QED) is 0.643. The van der Waals surface area contributed by atoms with Crippen molar-refractivity contribution in [2.75, 3.05) is 27.2 Å². The number of carboxylic acid groups (broad SMARTS) is 1.